The predicted molar refractivity (Wildman–Crippen MR) is 84.2 cm³/mol. The molecule has 3 heterocycles. The molecule has 22 heavy (non-hydrogen) atoms. The van der Waals surface area contributed by atoms with Crippen molar-refractivity contribution in [2.45, 2.75) is 6.54 Å². The smallest absolute Gasteiger partial charge is 0.248 e. The van der Waals surface area contributed by atoms with Crippen molar-refractivity contribution < 1.29 is 9.90 Å². The summed E-state index contributed by atoms with van der Waals surface area (Å²) < 4.78 is 1.82. The number of rotatable bonds is 3. The highest BCUT2D eigenvalue weighted by molar-refractivity contribution is 6.36. The van der Waals surface area contributed by atoms with Gasteiger partial charge in [-0.05, 0) is 6.07 Å². The van der Waals surface area contributed by atoms with Crippen LogP contribution in [0.5, 0.6) is 0 Å². The minimum atomic E-state index is -0.425. The van der Waals surface area contributed by atoms with Gasteiger partial charge in [-0.15, -0.1) is 0 Å². The van der Waals surface area contributed by atoms with Gasteiger partial charge in [-0.1, -0.05) is 23.2 Å². The molecule has 0 atom stereocenters. The molecule has 0 spiro atoms. The van der Waals surface area contributed by atoms with Crippen LogP contribution in [0.3, 0.4) is 0 Å². The summed E-state index contributed by atoms with van der Waals surface area (Å²) in [6, 6.07) is 1.68. The van der Waals surface area contributed by atoms with Crippen LogP contribution in [0.15, 0.2) is 18.5 Å². The molecule has 1 aliphatic rings. The fraction of sp³-hybridized carbons (Fsp3) is 0.429. The molecule has 0 unspecified atom stereocenters. The lowest BCUT2D eigenvalue weighted by molar-refractivity contribution is -0.136. The normalized spacial score (nSPS) is 16.4. The Hall–Kier alpha value is -1.34. The van der Waals surface area contributed by atoms with Gasteiger partial charge in [-0.3, -0.25) is 9.69 Å². The van der Waals surface area contributed by atoms with Gasteiger partial charge in [-0.2, -0.15) is 0 Å². The lowest BCUT2D eigenvalue weighted by atomic mass is 10.3. The molecule has 1 amide bonds. The number of imidazole rings is 1. The zero-order chi connectivity index (χ0) is 15.7. The predicted octanol–water partition coefficient (Wildman–Crippen LogP) is 1.28. The van der Waals surface area contributed by atoms with Gasteiger partial charge in [-0.25, -0.2) is 4.98 Å². The Labute approximate surface area is 137 Å². The van der Waals surface area contributed by atoms with Gasteiger partial charge in [0, 0.05) is 45.1 Å². The molecular formula is C14H16Cl2N4O2. The zero-order valence-electron chi connectivity index (χ0n) is 11.9. The Morgan fingerprint density at radius 3 is 2.64 bits per heavy atom. The number of halogens is 2. The number of piperazine rings is 1. The molecule has 0 aliphatic carbocycles. The molecule has 1 aliphatic heterocycles. The minimum absolute atomic E-state index is 0.214. The van der Waals surface area contributed by atoms with Crippen molar-refractivity contribution in [1.82, 2.24) is 19.2 Å². The van der Waals surface area contributed by atoms with Crippen LogP contribution >= 0.6 is 23.2 Å². The summed E-state index contributed by atoms with van der Waals surface area (Å²) in [6.45, 7) is 3.03. The van der Waals surface area contributed by atoms with Gasteiger partial charge in [0.2, 0.25) is 5.91 Å². The highest BCUT2D eigenvalue weighted by atomic mass is 35.5. The third-order valence-corrected chi connectivity index (χ3v) is 4.25. The third kappa shape index (κ3) is 3.20. The van der Waals surface area contributed by atoms with Crippen LogP contribution in [-0.2, 0) is 11.3 Å². The topological polar surface area (TPSA) is 61.1 Å². The molecule has 1 fully saturated rings. The fourth-order valence-corrected chi connectivity index (χ4v) is 3.16. The van der Waals surface area contributed by atoms with Crippen molar-refractivity contribution in [2.24, 2.45) is 0 Å². The summed E-state index contributed by atoms with van der Waals surface area (Å²) in [5, 5.41) is 9.97. The number of carbonyl (C=O) groups is 1. The highest BCUT2D eigenvalue weighted by Crippen LogP contribution is 2.22. The Balaban J connectivity index is 1.67. The third-order valence-electron chi connectivity index (χ3n) is 3.77. The maximum absolute atomic E-state index is 11.4. The number of aliphatic hydroxyl groups is 1. The van der Waals surface area contributed by atoms with Crippen molar-refractivity contribution in [3.63, 3.8) is 0 Å². The largest absolute Gasteiger partial charge is 0.387 e. The number of nitrogens with zero attached hydrogens (tertiary/aromatic N) is 4. The summed E-state index contributed by atoms with van der Waals surface area (Å²) >= 11 is 12.1. The molecule has 0 radical (unpaired) electrons. The van der Waals surface area contributed by atoms with E-state index in [0.717, 1.165) is 18.8 Å². The summed E-state index contributed by atoms with van der Waals surface area (Å²) in [7, 11) is 0. The standard InChI is InChI=1S/C14H16Cl2N4O2/c15-10-5-12(16)14-17-11(8-20(14)6-10)7-18-1-3-19(4-2-18)13(22)9-21/h5-6,8,21H,1-4,7,9H2. The fourth-order valence-electron chi connectivity index (χ4n) is 2.64. The average molecular weight is 343 g/mol. The minimum Gasteiger partial charge on any atom is -0.387 e. The van der Waals surface area contributed by atoms with E-state index in [0.29, 0.717) is 35.3 Å². The van der Waals surface area contributed by atoms with Gasteiger partial charge in [0.15, 0.2) is 5.65 Å². The van der Waals surface area contributed by atoms with Gasteiger partial charge in [0.05, 0.1) is 15.7 Å². The Morgan fingerprint density at radius 2 is 1.95 bits per heavy atom. The maximum Gasteiger partial charge on any atom is 0.248 e. The molecule has 6 nitrogen and oxygen atoms in total. The Bertz CT molecular complexity index is 695. The highest BCUT2D eigenvalue weighted by Gasteiger charge is 2.21. The van der Waals surface area contributed by atoms with Crippen LogP contribution in [0, 0.1) is 0 Å². The van der Waals surface area contributed by atoms with Gasteiger partial charge in [0.1, 0.15) is 6.61 Å². The molecule has 2 aromatic heterocycles. The first-order chi connectivity index (χ1) is 10.6. The second-order valence-electron chi connectivity index (χ2n) is 5.28. The number of pyridine rings is 1. The Morgan fingerprint density at radius 1 is 1.23 bits per heavy atom. The van der Waals surface area contributed by atoms with E-state index in [4.69, 9.17) is 28.3 Å². The molecule has 0 aromatic carbocycles. The lowest BCUT2D eigenvalue weighted by Gasteiger charge is -2.34. The number of aromatic nitrogens is 2. The first-order valence-corrected chi connectivity index (χ1v) is 7.76. The molecule has 0 bridgehead atoms. The van der Waals surface area contributed by atoms with Crippen LogP contribution in [0.25, 0.3) is 5.65 Å². The van der Waals surface area contributed by atoms with Gasteiger partial charge >= 0.3 is 0 Å². The molecule has 1 saturated heterocycles. The van der Waals surface area contributed by atoms with Crippen molar-refractivity contribution in [3.8, 4) is 0 Å². The first-order valence-electron chi connectivity index (χ1n) is 7.00. The van der Waals surface area contributed by atoms with E-state index < -0.39 is 6.61 Å². The van der Waals surface area contributed by atoms with Crippen molar-refractivity contribution in [1.29, 1.82) is 0 Å². The van der Waals surface area contributed by atoms with Crippen molar-refractivity contribution in [3.05, 3.63) is 34.2 Å². The number of aliphatic hydroxyl groups excluding tert-OH is 1. The SMILES string of the molecule is O=C(CO)N1CCN(Cc2cn3cc(Cl)cc(Cl)c3n2)CC1. The molecule has 0 saturated carbocycles. The monoisotopic (exact) mass is 342 g/mol. The number of fused-ring (bicyclic) bond motifs is 1. The van der Waals surface area contributed by atoms with E-state index in [-0.39, 0.29) is 5.91 Å². The second-order valence-corrected chi connectivity index (χ2v) is 6.13. The van der Waals surface area contributed by atoms with E-state index in [1.165, 1.54) is 0 Å². The van der Waals surface area contributed by atoms with E-state index in [2.05, 4.69) is 9.88 Å². The van der Waals surface area contributed by atoms with Crippen molar-refractivity contribution in [2.75, 3.05) is 32.8 Å². The number of carbonyl (C=O) groups excluding carboxylic acids is 1. The second kappa shape index (κ2) is 6.42. The van der Waals surface area contributed by atoms with Gasteiger partial charge in [0.25, 0.3) is 0 Å². The molecular weight excluding hydrogens is 327 g/mol. The van der Waals surface area contributed by atoms with E-state index in [1.54, 1.807) is 17.2 Å². The van der Waals surface area contributed by atoms with E-state index in [1.807, 2.05) is 10.6 Å². The lowest BCUT2D eigenvalue weighted by Crippen LogP contribution is -2.49. The summed E-state index contributed by atoms with van der Waals surface area (Å²) in [4.78, 5) is 19.9. The summed E-state index contributed by atoms with van der Waals surface area (Å²) in [5.74, 6) is -0.214. The number of hydrogen-bond acceptors (Lipinski definition) is 4. The van der Waals surface area contributed by atoms with E-state index in [9.17, 15) is 4.79 Å². The van der Waals surface area contributed by atoms with Crippen molar-refractivity contribution >= 4 is 34.8 Å². The van der Waals surface area contributed by atoms with Crippen LogP contribution in [0.1, 0.15) is 5.69 Å². The maximum atomic E-state index is 11.4. The molecule has 2 aromatic rings. The summed E-state index contributed by atoms with van der Waals surface area (Å²) in [5.41, 5.74) is 1.60. The van der Waals surface area contributed by atoms with Crippen LogP contribution in [0.2, 0.25) is 10.0 Å². The van der Waals surface area contributed by atoms with Crippen LogP contribution in [-0.4, -0.2) is 63.0 Å². The molecule has 8 heteroatoms. The average Bonchev–Trinajstić information content (AvgIpc) is 2.90. The van der Waals surface area contributed by atoms with Crippen LogP contribution in [0.4, 0.5) is 0 Å². The molecule has 118 valence electrons. The number of amides is 1. The molecule has 1 N–H and O–H groups in total. The van der Waals surface area contributed by atoms with E-state index >= 15 is 0 Å². The zero-order valence-corrected chi connectivity index (χ0v) is 13.4. The quantitative estimate of drug-likeness (QED) is 0.912. The van der Waals surface area contributed by atoms with Crippen LogP contribution < -0.4 is 0 Å². The summed E-state index contributed by atoms with van der Waals surface area (Å²) in [6.07, 6.45) is 3.69. The number of hydrogen-bond donors (Lipinski definition) is 1. The van der Waals surface area contributed by atoms with Gasteiger partial charge < -0.3 is 14.4 Å². The molecule has 3 rings (SSSR count). The first kappa shape index (κ1) is 15.6. The Kier molecular flexibility index (Phi) is 4.54.